The van der Waals surface area contributed by atoms with E-state index in [2.05, 4.69) is 20.0 Å². The Morgan fingerprint density at radius 1 is 0.926 bits per heavy atom. The van der Waals surface area contributed by atoms with Gasteiger partial charge in [-0.15, -0.1) is 0 Å². The number of benzene rings is 1. The molecule has 0 bridgehead atoms. The fourth-order valence-corrected chi connectivity index (χ4v) is 3.20. The van der Waals surface area contributed by atoms with Gasteiger partial charge >= 0.3 is 0 Å². The Balaban J connectivity index is 1.43. The standard InChI is InChI=1S/C20H22N6O/c1-15-3-5-17(6-4-15)20(27)25-11-9-24(10-12-25)18-13-19(22-14-21-18)26-8-7-16(2)23-26/h3-8,13-14H,9-12H2,1-2H3. The molecule has 0 spiro atoms. The predicted octanol–water partition coefficient (Wildman–Crippen LogP) is 2.24. The lowest BCUT2D eigenvalue weighted by molar-refractivity contribution is 0.0746. The van der Waals surface area contributed by atoms with Crippen LogP contribution in [0.4, 0.5) is 5.82 Å². The highest BCUT2D eigenvalue weighted by atomic mass is 16.2. The van der Waals surface area contributed by atoms with Gasteiger partial charge in [-0.1, -0.05) is 17.7 Å². The summed E-state index contributed by atoms with van der Waals surface area (Å²) < 4.78 is 1.75. The van der Waals surface area contributed by atoms with Crippen molar-refractivity contribution < 1.29 is 4.79 Å². The third-order valence-corrected chi connectivity index (χ3v) is 4.78. The van der Waals surface area contributed by atoms with Crippen LogP contribution >= 0.6 is 0 Å². The monoisotopic (exact) mass is 362 g/mol. The number of carbonyl (C=O) groups excluding carboxylic acids is 1. The molecule has 1 saturated heterocycles. The Bertz CT molecular complexity index is 941. The number of piperazine rings is 1. The van der Waals surface area contributed by atoms with Gasteiger partial charge in [0, 0.05) is 44.0 Å². The number of rotatable bonds is 3. The molecular formula is C20H22N6O. The smallest absolute Gasteiger partial charge is 0.253 e. The van der Waals surface area contributed by atoms with Crippen LogP contribution in [0.15, 0.2) is 48.9 Å². The first-order valence-corrected chi connectivity index (χ1v) is 9.06. The second kappa shape index (κ2) is 7.19. The van der Waals surface area contributed by atoms with Crippen molar-refractivity contribution in [3.05, 3.63) is 65.7 Å². The van der Waals surface area contributed by atoms with Crippen LogP contribution in [0, 0.1) is 13.8 Å². The highest BCUT2D eigenvalue weighted by molar-refractivity contribution is 5.94. The van der Waals surface area contributed by atoms with Gasteiger partial charge < -0.3 is 9.80 Å². The maximum Gasteiger partial charge on any atom is 0.253 e. The number of carbonyl (C=O) groups is 1. The van der Waals surface area contributed by atoms with Crippen LogP contribution in [0.3, 0.4) is 0 Å². The summed E-state index contributed by atoms with van der Waals surface area (Å²) in [6.07, 6.45) is 3.45. The van der Waals surface area contributed by atoms with Gasteiger partial charge in [-0.3, -0.25) is 4.79 Å². The average Bonchev–Trinajstić information content (AvgIpc) is 3.15. The minimum Gasteiger partial charge on any atom is -0.353 e. The van der Waals surface area contributed by atoms with E-state index in [1.54, 1.807) is 11.0 Å². The fourth-order valence-electron chi connectivity index (χ4n) is 3.20. The van der Waals surface area contributed by atoms with Crippen LogP contribution in [-0.4, -0.2) is 56.7 Å². The molecule has 0 saturated carbocycles. The van der Waals surface area contributed by atoms with Crippen molar-refractivity contribution in [1.82, 2.24) is 24.6 Å². The fraction of sp³-hybridized carbons (Fsp3) is 0.300. The number of hydrogen-bond acceptors (Lipinski definition) is 5. The van der Waals surface area contributed by atoms with E-state index >= 15 is 0 Å². The molecule has 0 radical (unpaired) electrons. The van der Waals surface area contributed by atoms with Gasteiger partial charge in [0.2, 0.25) is 0 Å². The molecular weight excluding hydrogens is 340 g/mol. The summed E-state index contributed by atoms with van der Waals surface area (Å²) >= 11 is 0. The molecule has 7 heteroatoms. The van der Waals surface area contributed by atoms with Crippen molar-refractivity contribution in [3.8, 4) is 5.82 Å². The van der Waals surface area contributed by atoms with Gasteiger partial charge in [-0.05, 0) is 32.0 Å². The van der Waals surface area contributed by atoms with E-state index in [-0.39, 0.29) is 5.91 Å². The van der Waals surface area contributed by atoms with Crippen LogP contribution in [0.2, 0.25) is 0 Å². The molecule has 0 N–H and O–H groups in total. The molecule has 3 aromatic rings. The first-order chi connectivity index (χ1) is 13.1. The molecule has 1 aliphatic rings. The van der Waals surface area contributed by atoms with Gasteiger partial charge in [0.1, 0.15) is 12.1 Å². The maximum absolute atomic E-state index is 12.7. The SMILES string of the molecule is Cc1ccc(C(=O)N2CCN(c3cc(-n4ccc(C)n4)ncn3)CC2)cc1. The van der Waals surface area contributed by atoms with Gasteiger partial charge in [0.15, 0.2) is 5.82 Å². The summed E-state index contributed by atoms with van der Waals surface area (Å²) in [6.45, 7) is 6.80. The molecule has 1 amide bonds. The summed E-state index contributed by atoms with van der Waals surface area (Å²) in [5, 5.41) is 4.40. The van der Waals surface area contributed by atoms with Crippen molar-refractivity contribution in [1.29, 1.82) is 0 Å². The van der Waals surface area contributed by atoms with Crippen LogP contribution < -0.4 is 4.90 Å². The largest absolute Gasteiger partial charge is 0.353 e. The number of amides is 1. The maximum atomic E-state index is 12.7. The molecule has 1 aromatic carbocycles. The van der Waals surface area contributed by atoms with Crippen molar-refractivity contribution in [2.24, 2.45) is 0 Å². The zero-order valence-corrected chi connectivity index (χ0v) is 15.5. The molecule has 27 heavy (non-hydrogen) atoms. The van der Waals surface area contributed by atoms with Gasteiger partial charge in [0.05, 0.1) is 5.69 Å². The van der Waals surface area contributed by atoms with E-state index in [4.69, 9.17) is 0 Å². The summed E-state index contributed by atoms with van der Waals surface area (Å²) in [5.41, 5.74) is 2.84. The Labute approximate surface area is 158 Å². The number of nitrogens with zero attached hydrogens (tertiary/aromatic N) is 6. The minimum atomic E-state index is 0.0880. The normalized spacial score (nSPS) is 14.4. The van der Waals surface area contributed by atoms with E-state index in [0.29, 0.717) is 13.1 Å². The van der Waals surface area contributed by atoms with Crippen LogP contribution in [0.1, 0.15) is 21.6 Å². The van der Waals surface area contributed by atoms with E-state index in [1.807, 2.05) is 61.3 Å². The van der Waals surface area contributed by atoms with Gasteiger partial charge in [-0.25, -0.2) is 14.6 Å². The first-order valence-electron chi connectivity index (χ1n) is 9.06. The van der Waals surface area contributed by atoms with Crippen molar-refractivity contribution in [2.75, 3.05) is 31.1 Å². The van der Waals surface area contributed by atoms with Gasteiger partial charge in [0.25, 0.3) is 5.91 Å². The van der Waals surface area contributed by atoms with Crippen molar-refractivity contribution in [3.63, 3.8) is 0 Å². The lowest BCUT2D eigenvalue weighted by Crippen LogP contribution is -2.49. The van der Waals surface area contributed by atoms with Crippen LogP contribution in [0.5, 0.6) is 0 Å². The molecule has 3 heterocycles. The van der Waals surface area contributed by atoms with E-state index in [1.165, 1.54) is 0 Å². The molecule has 0 aliphatic carbocycles. The van der Waals surface area contributed by atoms with E-state index < -0.39 is 0 Å². The molecule has 1 fully saturated rings. The lowest BCUT2D eigenvalue weighted by Gasteiger charge is -2.35. The number of anilines is 1. The highest BCUT2D eigenvalue weighted by Crippen LogP contribution is 2.17. The number of aromatic nitrogens is 4. The zero-order chi connectivity index (χ0) is 18.8. The summed E-state index contributed by atoms with van der Waals surface area (Å²) in [5.74, 6) is 1.69. The Hall–Kier alpha value is -3.22. The summed E-state index contributed by atoms with van der Waals surface area (Å²) in [6, 6.07) is 11.6. The molecule has 7 nitrogen and oxygen atoms in total. The highest BCUT2D eigenvalue weighted by Gasteiger charge is 2.23. The summed E-state index contributed by atoms with van der Waals surface area (Å²) in [4.78, 5) is 25.5. The molecule has 138 valence electrons. The molecule has 4 rings (SSSR count). The molecule has 2 aromatic heterocycles. The molecule has 0 atom stereocenters. The third-order valence-electron chi connectivity index (χ3n) is 4.78. The average molecular weight is 362 g/mol. The van der Waals surface area contributed by atoms with Crippen molar-refractivity contribution in [2.45, 2.75) is 13.8 Å². The van der Waals surface area contributed by atoms with Crippen molar-refractivity contribution >= 4 is 11.7 Å². The molecule has 1 aliphatic heterocycles. The quantitative estimate of drug-likeness (QED) is 0.715. The predicted molar refractivity (Wildman–Crippen MR) is 103 cm³/mol. The number of hydrogen-bond donors (Lipinski definition) is 0. The van der Waals surface area contributed by atoms with E-state index in [0.717, 1.165) is 41.5 Å². The Morgan fingerprint density at radius 2 is 1.63 bits per heavy atom. The Morgan fingerprint density at radius 3 is 2.30 bits per heavy atom. The van der Waals surface area contributed by atoms with Crippen LogP contribution in [-0.2, 0) is 0 Å². The minimum absolute atomic E-state index is 0.0880. The summed E-state index contributed by atoms with van der Waals surface area (Å²) in [7, 11) is 0. The molecule has 0 unspecified atom stereocenters. The van der Waals surface area contributed by atoms with Crippen LogP contribution in [0.25, 0.3) is 5.82 Å². The topological polar surface area (TPSA) is 67.2 Å². The second-order valence-electron chi connectivity index (χ2n) is 6.78. The number of aryl methyl sites for hydroxylation is 2. The second-order valence-corrected chi connectivity index (χ2v) is 6.78. The van der Waals surface area contributed by atoms with E-state index in [9.17, 15) is 4.79 Å². The zero-order valence-electron chi connectivity index (χ0n) is 15.5. The third kappa shape index (κ3) is 3.67. The lowest BCUT2D eigenvalue weighted by atomic mass is 10.1. The van der Waals surface area contributed by atoms with Gasteiger partial charge in [-0.2, -0.15) is 5.10 Å². The Kier molecular flexibility index (Phi) is 4.58. The first kappa shape index (κ1) is 17.2.